The van der Waals surface area contributed by atoms with Gasteiger partial charge in [0.1, 0.15) is 12.7 Å². The number of aryl methyl sites for hydroxylation is 1. The molecule has 9 heteroatoms. The van der Waals surface area contributed by atoms with Crippen LogP contribution in [0.25, 0.3) is 21.8 Å². The van der Waals surface area contributed by atoms with Crippen molar-refractivity contribution in [3.8, 4) is 0 Å². The monoisotopic (exact) mass is 512 g/mol. The maximum Gasteiger partial charge on any atom is 0.248 e. The van der Waals surface area contributed by atoms with Gasteiger partial charge >= 0.3 is 0 Å². The lowest BCUT2D eigenvalue weighted by Gasteiger charge is -2.21. The number of primary amides is 1. The van der Waals surface area contributed by atoms with Gasteiger partial charge in [0.25, 0.3) is 0 Å². The highest BCUT2D eigenvalue weighted by Gasteiger charge is 2.21. The number of likely N-dealkylation sites (N-methyl/N-ethyl adjacent to an activating group) is 2. The molecular formula is C29H36N8O. The molecule has 38 heavy (non-hydrogen) atoms. The summed E-state index contributed by atoms with van der Waals surface area (Å²) in [5.74, 6) is -0.368. The Morgan fingerprint density at radius 1 is 1.18 bits per heavy atom. The van der Waals surface area contributed by atoms with Crippen molar-refractivity contribution in [3.63, 3.8) is 0 Å². The van der Waals surface area contributed by atoms with E-state index in [4.69, 9.17) is 5.73 Å². The van der Waals surface area contributed by atoms with Crippen molar-refractivity contribution in [3.05, 3.63) is 83.2 Å². The molecule has 1 atom stereocenters. The molecule has 5 N–H and O–H groups in total. The highest BCUT2D eigenvalue weighted by molar-refractivity contribution is 5.98. The van der Waals surface area contributed by atoms with Crippen molar-refractivity contribution in [2.24, 2.45) is 5.73 Å². The molecular weight excluding hydrogens is 476 g/mol. The quantitative estimate of drug-likeness (QED) is 0.267. The Kier molecular flexibility index (Phi) is 7.57. The Morgan fingerprint density at radius 2 is 2.03 bits per heavy atom. The molecule has 5 aromatic rings. The van der Waals surface area contributed by atoms with Gasteiger partial charge in [-0.05, 0) is 93.8 Å². The van der Waals surface area contributed by atoms with E-state index in [2.05, 4.69) is 68.8 Å². The number of hydrogen-bond donors (Lipinski definition) is 4. The number of carbonyl (C=O) groups excluding carboxylic acids is 1. The molecule has 0 bridgehead atoms. The number of fused-ring (bicyclic) bond motifs is 4. The Labute approximate surface area is 222 Å². The molecule has 0 fully saturated rings. The second-order valence-corrected chi connectivity index (χ2v) is 10.3. The lowest BCUT2D eigenvalue weighted by atomic mass is 9.91. The normalized spacial score (nSPS) is 15.0. The summed E-state index contributed by atoms with van der Waals surface area (Å²) in [4.78, 5) is 24.2. The Hall–Kier alpha value is -3.95. The van der Waals surface area contributed by atoms with Crippen LogP contribution >= 0.6 is 0 Å². The summed E-state index contributed by atoms with van der Waals surface area (Å²) in [5.41, 5.74) is 13.5. The molecule has 0 unspecified atom stereocenters. The average Bonchev–Trinajstić information content (AvgIpc) is 3.65. The van der Waals surface area contributed by atoms with Crippen molar-refractivity contribution in [2.75, 3.05) is 27.7 Å². The Bertz CT molecular complexity index is 1530. The van der Waals surface area contributed by atoms with Crippen molar-refractivity contribution in [1.82, 2.24) is 34.9 Å². The zero-order valence-electron chi connectivity index (χ0n) is 22.3. The minimum Gasteiger partial charge on any atom is -0.366 e. The number of nitrogens with zero attached hydrogens (tertiary/aromatic N) is 4. The summed E-state index contributed by atoms with van der Waals surface area (Å²) in [6.45, 7) is 1.81. The lowest BCUT2D eigenvalue weighted by Crippen LogP contribution is -2.31. The van der Waals surface area contributed by atoms with Gasteiger partial charge < -0.3 is 25.9 Å². The highest BCUT2D eigenvalue weighted by Crippen LogP contribution is 2.30. The first-order valence-corrected chi connectivity index (χ1v) is 13.1. The first kappa shape index (κ1) is 25.7. The summed E-state index contributed by atoms with van der Waals surface area (Å²) >= 11 is 0. The number of H-pyrrole nitrogens is 2. The highest BCUT2D eigenvalue weighted by atomic mass is 16.1. The molecule has 0 saturated heterocycles. The molecule has 9 nitrogen and oxygen atoms in total. The molecule has 1 aliphatic carbocycles. The van der Waals surface area contributed by atoms with Crippen molar-refractivity contribution >= 4 is 27.7 Å². The van der Waals surface area contributed by atoms with E-state index in [1.54, 1.807) is 18.7 Å². The standard InChI is InChI=1S/C15H19N5.C14H17N3O/c1-19(2)6-5-13-8-17-15-4-3-12(7-14(13)15)9-20-11-16-10-18-20;1-16-9-3-5-13-11(7-9)10-6-8(14(15)18)2-4-12(10)17-13/h3-4,7-8,10-11,17H,5-6,9H2,1-2H3;2,4,6,9,16-17H,3,5,7H2,1H3,(H2,15,18)/t;9-/m.1/s1. The van der Waals surface area contributed by atoms with E-state index in [9.17, 15) is 4.79 Å². The molecule has 198 valence electrons. The fraction of sp³-hybridized carbons (Fsp3) is 0.345. The minimum absolute atomic E-state index is 0.368. The number of nitrogens with two attached hydrogens (primary N) is 1. The van der Waals surface area contributed by atoms with Gasteiger partial charge in [-0.15, -0.1) is 0 Å². The van der Waals surface area contributed by atoms with E-state index < -0.39 is 0 Å². The average molecular weight is 513 g/mol. The van der Waals surface area contributed by atoms with Crippen LogP contribution in [0.5, 0.6) is 0 Å². The molecule has 0 spiro atoms. The van der Waals surface area contributed by atoms with Crippen LogP contribution in [-0.2, 0) is 25.8 Å². The third-order valence-electron chi connectivity index (χ3n) is 7.35. The van der Waals surface area contributed by atoms with Crippen LogP contribution in [0, 0.1) is 0 Å². The smallest absolute Gasteiger partial charge is 0.248 e. The Morgan fingerprint density at radius 3 is 2.76 bits per heavy atom. The molecule has 0 saturated carbocycles. The molecule has 1 amide bonds. The lowest BCUT2D eigenvalue weighted by molar-refractivity contribution is 0.100. The van der Waals surface area contributed by atoms with Gasteiger partial charge in [-0.2, -0.15) is 5.10 Å². The third kappa shape index (κ3) is 5.64. The van der Waals surface area contributed by atoms with Gasteiger partial charge in [-0.25, -0.2) is 9.67 Å². The van der Waals surface area contributed by atoms with Crippen LogP contribution < -0.4 is 11.1 Å². The molecule has 2 aromatic carbocycles. The molecule has 1 aliphatic rings. The van der Waals surface area contributed by atoms with Crippen LogP contribution in [0.15, 0.2) is 55.2 Å². The fourth-order valence-electron chi connectivity index (χ4n) is 5.19. The van der Waals surface area contributed by atoms with E-state index in [1.807, 2.05) is 23.9 Å². The third-order valence-corrected chi connectivity index (χ3v) is 7.35. The summed E-state index contributed by atoms with van der Waals surface area (Å²) < 4.78 is 1.84. The minimum atomic E-state index is -0.368. The van der Waals surface area contributed by atoms with Crippen molar-refractivity contribution < 1.29 is 4.79 Å². The number of aromatic amines is 2. The number of benzene rings is 2. The van der Waals surface area contributed by atoms with E-state index in [0.29, 0.717) is 11.6 Å². The zero-order chi connectivity index (χ0) is 26.6. The largest absolute Gasteiger partial charge is 0.366 e. The maximum atomic E-state index is 11.3. The maximum absolute atomic E-state index is 11.3. The van der Waals surface area contributed by atoms with Gasteiger partial charge in [-0.3, -0.25) is 4.79 Å². The fourth-order valence-corrected chi connectivity index (χ4v) is 5.19. The van der Waals surface area contributed by atoms with Crippen molar-refractivity contribution in [1.29, 1.82) is 0 Å². The second kappa shape index (κ2) is 11.2. The SMILES string of the molecule is CN(C)CCc1c[nH]c2ccc(Cn3cncn3)cc12.CN[C@@H]1CCc2[nH]c3ccc(C(N)=O)cc3c2C1. The number of aromatic nitrogens is 5. The zero-order valence-corrected chi connectivity index (χ0v) is 22.3. The number of amides is 1. The topological polar surface area (TPSA) is 121 Å². The summed E-state index contributed by atoms with van der Waals surface area (Å²) in [6, 6.07) is 12.7. The van der Waals surface area contributed by atoms with Crippen LogP contribution in [0.3, 0.4) is 0 Å². The van der Waals surface area contributed by atoms with Crippen LogP contribution in [0.1, 0.15) is 39.2 Å². The molecule has 3 heterocycles. The number of nitrogens with one attached hydrogen (secondary N) is 3. The van der Waals surface area contributed by atoms with Gasteiger partial charge in [0.15, 0.2) is 0 Å². The van der Waals surface area contributed by atoms with E-state index in [1.165, 1.54) is 33.3 Å². The van der Waals surface area contributed by atoms with Crippen LogP contribution in [-0.4, -0.2) is 69.3 Å². The van der Waals surface area contributed by atoms with E-state index in [-0.39, 0.29) is 5.91 Å². The summed E-state index contributed by atoms with van der Waals surface area (Å²) in [5, 5.41) is 9.93. The predicted octanol–water partition coefficient (Wildman–Crippen LogP) is 3.26. The van der Waals surface area contributed by atoms with Gasteiger partial charge in [0.2, 0.25) is 5.91 Å². The molecule has 3 aromatic heterocycles. The number of rotatable bonds is 7. The summed E-state index contributed by atoms with van der Waals surface area (Å²) in [7, 11) is 6.20. The van der Waals surface area contributed by atoms with Crippen LogP contribution in [0.4, 0.5) is 0 Å². The molecule has 0 aliphatic heterocycles. The van der Waals surface area contributed by atoms with Gasteiger partial charge in [0.05, 0.1) is 6.54 Å². The first-order chi connectivity index (χ1) is 18.4. The first-order valence-electron chi connectivity index (χ1n) is 13.1. The van der Waals surface area contributed by atoms with E-state index >= 15 is 0 Å². The Balaban J connectivity index is 0.000000156. The second-order valence-electron chi connectivity index (χ2n) is 10.3. The molecule has 0 radical (unpaired) electrons. The van der Waals surface area contributed by atoms with Gasteiger partial charge in [0, 0.05) is 51.8 Å². The predicted molar refractivity (Wildman–Crippen MR) is 151 cm³/mol. The summed E-state index contributed by atoms with van der Waals surface area (Å²) in [6.07, 6.45) is 9.70. The molecule has 6 rings (SSSR count). The number of hydrogen-bond acceptors (Lipinski definition) is 5. The number of carbonyl (C=O) groups is 1. The van der Waals surface area contributed by atoms with Crippen LogP contribution in [0.2, 0.25) is 0 Å². The van der Waals surface area contributed by atoms with E-state index in [0.717, 1.165) is 49.7 Å². The van der Waals surface area contributed by atoms with Crippen molar-refractivity contribution in [2.45, 2.75) is 38.3 Å². The van der Waals surface area contributed by atoms with Gasteiger partial charge in [-0.1, -0.05) is 6.07 Å².